The van der Waals surface area contributed by atoms with Crippen molar-refractivity contribution in [2.45, 2.75) is 106 Å². The number of rotatable bonds is 9. The van der Waals surface area contributed by atoms with Gasteiger partial charge in [-0.25, -0.2) is 4.79 Å². The molecule has 3 aromatic rings. The van der Waals surface area contributed by atoms with Gasteiger partial charge in [-0.1, -0.05) is 50.3 Å². The van der Waals surface area contributed by atoms with E-state index in [4.69, 9.17) is 9.47 Å². The van der Waals surface area contributed by atoms with Crippen LogP contribution in [-0.4, -0.2) is 135 Å². The molecule has 2 saturated heterocycles. The average molecular weight is 825 g/mol. The molecule has 1 aliphatic carbocycles. The molecule has 3 fully saturated rings. The number of anilines is 1. The molecule has 14 nitrogen and oxygen atoms in total. The van der Waals surface area contributed by atoms with Gasteiger partial charge in [-0.2, -0.15) is 0 Å². The van der Waals surface area contributed by atoms with Crippen molar-refractivity contribution in [3.8, 4) is 0 Å². The number of amides is 1. The van der Waals surface area contributed by atoms with Crippen LogP contribution in [0.3, 0.4) is 0 Å². The number of aromatic nitrogens is 1. The second-order valence-corrected chi connectivity index (χ2v) is 18.3. The monoisotopic (exact) mass is 824 g/mol. The summed E-state index contributed by atoms with van der Waals surface area (Å²) in [5.41, 5.74) is -3.39. The van der Waals surface area contributed by atoms with Crippen LogP contribution < -0.4 is 4.90 Å². The number of aliphatic hydroxyl groups excluding tert-OH is 2. The van der Waals surface area contributed by atoms with Gasteiger partial charge in [0.2, 0.25) is 12.0 Å². The van der Waals surface area contributed by atoms with E-state index in [1.54, 1.807) is 6.07 Å². The van der Waals surface area contributed by atoms with Gasteiger partial charge in [0.1, 0.15) is 6.61 Å². The Balaban J connectivity index is 1.38. The number of aliphatic hydroxyl groups is 4. The second kappa shape index (κ2) is 14.3. The first-order chi connectivity index (χ1) is 28.8. The van der Waals surface area contributed by atoms with Crippen molar-refractivity contribution < 1.29 is 49.1 Å². The number of nitrogens with zero attached hydrogens (tertiary/aromatic N) is 3. The van der Waals surface area contributed by atoms with Gasteiger partial charge < -0.3 is 39.8 Å². The standard InChI is InChI=1S/C46H56N4O10/c1-5-42(57)20-28-21-45(36(55)24-52,37-31(12-16-48(22-28)25-42)30-10-7-8-11-34(30)47-37)32-19-33-35(18-29(32)23-51)50(26-53)39-44(33)14-17-49-15-9-13-43(6-2,38(44)49)40(60-27(3)54)46(39,58)41(56)59-4/h7-11,13,18-19,26,28,38-40,47,51-52,57-58H,5-6,12,14-17,20-25H2,1-4H3/t28-,38-,39+,40?,42-,43+,44+,45?,46-/m0/s1. The summed E-state index contributed by atoms with van der Waals surface area (Å²) in [7, 11) is 1.15. The molecule has 60 heavy (non-hydrogen) atoms. The Kier molecular flexibility index (Phi) is 9.77. The first-order valence-corrected chi connectivity index (χ1v) is 21.4. The van der Waals surface area contributed by atoms with E-state index in [1.807, 2.05) is 56.3 Å². The van der Waals surface area contributed by atoms with E-state index >= 15 is 4.79 Å². The molecule has 3 unspecified atom stereocenters. The summed E-state index contributed by atoms with van der Waals surface area (Å²) in [4.78, 5) is 65.8. The Morgan fingerprint density at radius 2 is 1.80 bits per heavy atom. The molecule has 320 valence electrons. The fourth-order valence-corrected chi connectivity index (χ4v) is 13.5. The summed E-state index contributed by atoms with van der Waals surface area (Å²) in [5, 5.41) is 48.7. The maximum absolute atomic E-state index is 15.3. The van der Waals surface area contributed by atoms with Crippen LogP contribution in [0.25, 0.3) is 10.9 Å². The minimum atomic E-state index is -2.57. The van der Waals surface area contributed by atoms with Gasteiger partial charge in [0.15, 0.2) is 11.9 Å². The van der Waals surface area contributed by atoms with E-state index in [1.165, 1.54) is 11.8 Å². The molecular formula is C46H56N4O10. The van der Waals surface area contributed by atoms with Crippen LogP contribution in [0.1, 0.15) is 80.8 Å². The van der Waals surface area contributed by atoms with Gasteiger partial charge in [0, 0.05) is 72.3 Å². The lowest BCUT2D eigenvalue weighted by atomic mass is 9.47. The Morgan fingerprint density at radius 1 is 1.02 bits per heavy atom. The highest BCUT2D eigenvalue weighted by molar-refractivity contribution is 5.99. The molecule has 9 rings (SSSR count). The van der Waals surface area contributed by atoms with Crippen LogP contribution >= 0.6 is 0 Å². The van der Waals surface area contributed by atoms with Crippen molar-refractivity contribution in [3.05, 3.63) is 76.5 Å². The molecule has 6 heterocycles. The molecule has 1 spiro atoms. The average Bonchev–Trinajstić information content (AvgIpc) is 3.92. The lowest BCUT2D eigenvalue weighted by molar-refractivity contribution is -0.228. The molecule has 2 bridgehead atoms. The van der Waals surface area contributed by atoms with Gasteiger partial charge in [-0.15, -0.1) is 0 Å². The Morgan fingerprint density at radius 3 is 2.48 bits per heavy atom. The highest BCUT2D eigenvalue weighted by atomic mass is 16.6. The maximum atomic E-state index is 15.3. The van der Waals surface area contributed by atoms with E-state index in [0.29, 0.717) is 99.3 Å². The number of hydrogen-bond donors (Lipinski definition) is 5. The zero-order valence-electron chi connectivity index (χ0n) is 34.8. The van der Waals surface area contributed by atoms with Crippen LogP contribution in [0.4, 0.5) is 5.69 Å². The van der Waals surface area contributed by atoms with Gasteiger partial charge in [-0.3, -0.25) is 24.2 Å². The summed E-state index contributed by atoms with van der Waals surface area (Å²) >= 11 is 0. The van der Waals surface area contributed by atoms with Crippen LogP contribution in [0.5, 0.6) is 0 Å². The summed E-state index contributed by atoms with van der Waals surface area (Å²) < 4.78 is 11.4. The number of aromatic amines is 1. The largest absolute Gasteiger partial charge is 0.467 e. The van der Waals surface area contributed by atoms with E-state index in [-0.39, 0.29) is 12.3 Å². The zero-order valence-corrected chi connectivity index (χ0v) is 34.8. The Bertz CT molecular complexity index is 2310. The summed E-state index contributed by atoms with van der Waals surface area (Å²) in [5.74, 6) is -2.46. The topological polar surface area (TPSA) is 193 Å². The predicted molar refractivity (Wildman–Crippen MR) is 220 cm³/mol. The fourth-order valence-electron chi connectivity index (χ4n) is 13.5. The summed E-state index contributed by atoms with van der Waals surface area (Å²) in [6.07, 6.45) is 5.44. The number of ketones is 1. The van der Waals surface area contributed by atoms with Gasteiger partial charge >= 0.3 is 11.9 Å². The number of carbonyl (C=O) groups is 4. The van der Waals surface area contributed by atoms with Crippen LogP contribution in [-0.2, 0) is 52.5 Å². The Hall–Kier alpha value is -4.44. The van der Waals surface area contributed by atoms with E-state index in [9.17, 15) is 34.8 Å². The number of para-hydroxylation sites is 1. The molecule has 6 aliphatic rings. The molecule has 0 radical (unpaired) electrons. The van der Waals surface area contributed by atoms with Crippen molar-refractivity contribution in [2.24, 2.45) is 11.3 Å². The van der Waals surface area contributed by atoms with Crippen LogP contribution in [0, 0.1) is 11.3 Å². The Labute approximate surface area is 349 Å². The maximum Gasteiger partial charge on any atom is 0.344 e. The van der Waals surface area contributed by atoms with E-state index in [2.05, 4.69) is 14.8 Å². The zero-order chi connectivity index (χ0) is 42.6. The number of esters is 2. The van der Waals surface area contributed by atoms with Crippen LogP contribution in [0.2, 0.25) is 0 Å². The lowest BCUT2D eigenvalue weighted by Gasteiger charge is -2.63. The van der Waals surface area contributed by atoms with Crippen molar-refractivity contribution in [2.75, 3.05) is 51.3 Å². The number of ether oxygens (including phenoxy) is 2. The second-order valence-electron chi connectivity index (χ2n) is 18.3. The third-order valence-corrected chi connectivity index (χ3v) is 15.7. The van der Waals surface area contributed by atoms with Crippen molar-refractivity contribution in [1.82, 2.24) is 14.8 Å². The van der Waals surface area contributed by atoms with E-state index in [0.717, 1.165) is 23.6 Å². The molecule has 1 amide bonds. The fraction of sp³-hybridized carbons (Fsp3) is 0.565. The van der Waals surface area contributed by atoms with Crippen molar-refractivity contribution in [1.29, 1.82) is 0 Å². The first kappa shape index (κ1) is 40.9. The number of nitrogens with one attached hydrogen (secondary N) is 1. The molecule has 10 atom stereocenters. The number of carbonyl (C=O) groups excluding carboxylic acids is 4. The number of Topliss-reactive ketones (excluding diaryl/α,β-unsaturated/α-hetero) is 1. The third-order valence-electron chi connectivity index (χ3n) is 15.7. The molecule has 5 N–H and O–H groups in total. The molecule has 14 heteroatoms. The minimum absolute atomic E-state index is 0.197. The number of H-pyrrole nitrogens is 1. The minimum Gasteiger partial charge on any atom is -0.467 e. The van der Waals surface area contributed by atoms with Crippen molar-refractivity contribution >= 4 is 40.7 Å². The van der Waals surface area contributed by atoms with Gasteiger partial charge in [-0.05, 0) is 85.4 Å². The summed E-state index contributed by atoms with van der Waals surface area (Å²) in [6.45, 7) is 6.54. The molecule has 1 saturated carbocycles. The normalized spacial score (nSPS) is 36.6. The number of benzene rings is 2. The molecule has 2 aromatic carbocycles. The number of piperidine rings is 1. The smallest absolute Gasteiger partial charge is 0.344 e. The van der Waals surface area contributed by atoms with Gasteiger partial charge in [0.25, 0.3) is 0 Å². The highest BCUT2D eigenvalue weighted by Crippen LogP contribution is 2.68. The molecular weight excluding hydrogens is 769 g/mol. The van der Waals surface area contributed by atoms with Crippen LogP contribution in [0.15, 0.2) is 48.6 Å². The third kappa shape index (κ3) is 5.27. The SMILES string of the molecule is CC[C@]1(O)C[C@@H]2CN(CCc3c([nH]c4ccccc34)C(C(=O)CO)(c3cc4c(cc3CO)N(C=O)[C@@H]3[C@]45CCN4CC=C[C@@](CC)(C(OC(C)=O)[C@]3(O)C(=O)OC)[C@H]45)C2)C1. The molecule has 1 aromatic heterocycles. The van der Waals surface area contributed by atoms with E-state index < -0.39 is 76.6 Å². The quantitative estimate of drug-likeness (QED) is 0.121. The first-order valence-electron chi connectivity index (χ1n) is 21.4. The number of methoxy groups -OCH3 is 1. The summed E-state index contributed by atoms with van der Waals surface area (Å²) in [6, 6.07) is 9.62. The van der Waals surface area contributed by atoms with Gasteiger partial charge in [0.05, 0.1) is 30.8 Å². The van der Waals surface area contributed by atoms with Crippen molar-refractivity contribution in [3.63, 3.8) is 0 Å². The number of fused-ring (bicyclic) bond motifs is 6. The lowest BCUT2D eigenvalue weighted by Crippen LogP contribution is -2.81. The molecule has 5 aliphatic heterocycles. The number of hydrogen-bond acceptors (Lipinski definition) is 12. The highest BCUT2D eigenvalue weighted by Gasteiger charge is 2.81. The predicted octanol–water partition coefficient (Wildman–Crippen LogP) is 2.39.